The zero-order valence-electron chi connectivity index (χ0n) is 16.2. The highest BCUT2D eigenvalue weighted by molar-refractivity contribution is 7.80. The smallest absolute Gasteiger partial charge is 0.258 e. The summed E-state index contributed by atoms with van der Waals surface area (Å²) < 4.78 is 13.7. The van der Waals surface area contributed by atoms with E-state index in [1.807, 2.05) is 12.1 Å². The number of benzene rings is 3. The van der Waals surface area contributed by atoms with Gasteiger partial charge in [0.05, 0.1) is 5.56 Å². The second-order valence-corrected chi connectivity index (χ2v) is 7.28. The third-order valence-corrected chi connectivity index (χ3v) is 4.53. The quantitative estimate of drug-likeness (QED) is 0.453. The van der Waals surface area contributed by atoms with Crippen molar-refractivity contribution in [3.05, 3.63) is 89.7 Å². The van der Waals surface area contributed by atoms with Crippen LogP contribution in [0, 0.1) is 5.82 Å². The molecule has 0 aliphatic carbocycles. The molecule has 0 saturated carbocycles. The van der Waals surface area contributed by atoms with Gasteiger partial charge in [-0.15, -0.1) is 0 Å². The standard InChI is InChI=1S/C23H22FN3OS/c1-15(2)16-6-5-7-19(14-16)27-23(29)26-18-12-10-17(11-13-18)25-22(28)20-8-3-4-9-21(20)24/h3-15H,1-2H3,(H,25,28)(H2,26,27,29). The van der Waals surface area contributed by atoms with E-state index in [2.05, 4.69) is 41.9 Å². The largest absolute Gasteiger partial charge is 0.332 e. The van der Waals surface area contributed by atoms with Crippen LogP contribution in [0.1, 0.15) is 35.7 Å². The predicted molar refractivity (Wildman–Crippen MR) is 121 cm³/mol. The topological polar surface area (TPSA) is 53.2 Å². The molecule has 29 heavy (non-hydrogen) atoms. The number of nitrogens with one attached hydrogen (secondary N) is 3. The first kappa shape index (κ1) is 20.5. The average Bonchev–Trinajstić information content (AvgIpc) is 2.70. The van der Waals surface area contributed by atoms with Gasteiger partial charge < -0.3 is 16.0 Å². The molecule has 1 amide bonds. The van der Waals surface area contributed by atoms with Gasteiger partial charge in [-0.2, -0.15) is 0 Å². The summed E-state index contributed by atoms with van der Waals surface area (Å²) in [6.07, 6.45) is 0. The van der Waals surface area contributed by atoms with Crippen molar-refractivity contribution in [3.8, 4) is 0 Å². The molecule has 0 heterocycles. The van der Waals surface area contributed by atoms with Crippen molar-refractivity contribution in [2.45, 2.75) is 19.8 Å². The SMILES string of the molecule is CC(C)c1cccc(NC(=S)Nc2ccc(NC(=O)c3ccccc3F)cc2)c1. The molecule has 0 unspecified atom stereocenters. The van der Waals surface area contributed by atoms with Crippen molar-refractivity contribution in [3.63, 3.8) is 0 Å². The Morgan fingerprint density at radius 1 is 0.828 bits per heavy atom. The molecule has 148 valence electrons. The molecule has 3 aromatic rings. The van der Waals surface area contributed by atoms with Gasteiger partial charge >= 0.3 is 0 Å². The molecular weight excluding hydrogens is 385 g/mol. The molecule has 0 spiro atoms. The fraction of sp³-hybridized carbons (Fsp3) is 0.130. The Labute approximate surface area is 175 Å². The molecule has 0 aromatic heterocycles. The lowest BCUT2D eigenvalue weighted by Crippen LogP contribution is -2.19. The van der Waals surface area contributed by atoms with E-state index in [-0.39, 0.29) is 5.56 Å². The normalized spacial score (nSPS) is 10.5. The maximum absolute atomic E-state index is 13.7. The van der Waals surface area contributed by atoms with Crippen LogP contribution in [0.3, 0.4) is 0 Å². The Hall–Kier alpha value is -3.25. The number of rotatable bonds is 5. The first-order valence-electron chi connectivity index (χ1n) is 9.26. The Morgan fingerprint density at radius 2 is 1.45 bits per heavy atom. The molecule has 0 saturated heterocycles. The lowest BCUT2D eigenvalue weighted by Gasteiger charge is -2.13. The van der Waals surface area contributed by atoms with E-state index in [9.17, 15) is 9.18 Å². The number of hydrogen-bond acceptors (Lipinski definition) is 2. The number of hydrogen-bond donors (Lipinski definition) is 3. The molecule has 3 N–H and O–H groups in total. The molecule has 3 aromatic carbocycles. The maximum Gasteiger partial charge on any atom is 0.258 e. The van der Waals surface area contributed by atoms with Crippen LogP contribution in [-0.4, -0.2) is 11.0 Å². The van der Waals surface area contributed by atoms with Gasteiger partial charge in [0.2, 0.25) is 0 Å². The van der Waals surface area contributed by atoms with E-state index >= 15 is 0 Å². The summed E-state index contributed by atoms with van der Waals surface area (Å²) in [6, 6.07) is 21.0. The monoisotopic (exact) mass is 407 g/mol. The first-order valence-corrected chi connectivity index (χ1v) is 9.67. The fourth-order valence-corrected chi connectivity index (χ4v) is 2.99. The van der Waals surface area contributed by atoms with E-state index in [1.54, 1.807) is 36.4 Å². The Bertz CT molecular complexity index is 1020. The summed E-state index contributed by atoms with van der Waals surface area (Å²) in [5, 5.41) is 9.42. The third kappa shape index (κ3) is 5.62. The van der Waals surface area contributed by atoms with Crippen LogP contribution in [0.4, 0.5) is 21.5 Å². The van der Waals surface area contributed by atoms with Crippen LogP contribution < -0.4 is 16.0 Å². The molecule has 6 heteroatoms. The van der Waals surface area contributed by atoms with Gasteiger partial charge in [-0.25, -0.2) is 4.39 Å². The lowest BCUT2D eigenvalue weighted by atomic mass is 10.0. The van der Waals surface area contributed by atoms with Crippen molar-refractivity contribution in [1.82, 2.24) is 0 Å². The number of carbonyl (C=O) groups excluding carboxylic acids is 1. The molecule has 0 radical (unpaired) electrons. The highest BCUT2D eigenvalue weighted by Crippen LogP contribution is 2.19. The van der Waals surface area contributed by atoms with Gasteiger partial charge in [-0.05, 0) is 72.2 Å². The van der Waals surface area contributed by atoms with Crippen LogP contribution in [0.5, 0.6) is 0 Å². The molecule has 0 atom stereocenters. The van der Waals surface area contributed by atoms with Crippen LogP contribution in [0.15, 0.2) is 72.8 Å². The Morgan fingerprint density at radius 3 is 2.10 bits per heavy atom. The van der Waals surface area contributed by atoms with Crippen LogP contribution in [-0.2, 0) is 0 Å². The summed E-state index contributed by atoms with van der Waals surface area (Å²) >= 11 is 5.37. The van der Waals surface area contributed by atoms with Gasteiger partial charge in [-0.1, -0.05) is 38.1 Å². The third-order valence-electron chi connectivity index (χ3n) is 4.33. The fourth-order valence-electron chi connectivity index (χ4n) is 2.75. The summed E-state index contributed by atoms with van der Waals surface area (Å²) in [4.78, 5) is 12.2. The Balaban J connectivity index is 1.59. The average molecular weight is 408 g/mol. The van der Waals surface area contributed by atoms with Gasteiger partial charge in [0, 0.05) is 17.1 Å². The summed E-state index contributed by atoms with van der Waals surface area (Å²) in [5.41, 5.74) is 3.48. The van der Waals surface area contributed by atoms with E-state index < -0.39 is 11.7 Å². The summed E-state index contributed by atoms with van der Waals surface area (Å²) in [5.74, 6) is -0.613. The van der Waals surface area contributed by atoms with Crippen molar-refractivity contribution < 1.29 is 9.18 Å². The second-order valence-electron chi connectivity index (χ2n) is 6.87. The van der Waals surface area contributed by atoms with Crippen molar-refractivity contribution in [2.75, 3.05) is 16.0 Å². The highest BCUT2D eigenvalue weighted by Gasteiger charge is 2.11. The molecule has 4 nitrogen and oxygen atoms in total. The number of carbonyl (C=O) groups is 1. The predicted octanol–water partition coefficient (Wildman–Crippen LogP) is 6.01. The van der Waals surface area contributed by atoms with Crippen molar-refractivity contribution in [1.29, 1.82) is 0 Å². The van der Waals surface area contributed by atoms with Crippen LogP contribution in [0.2, 0.25) is 0 Å². The second kappa shape index (κ2) is 9.30. The molecule has 3 rings (SSSR count). The van der Waals surface area contributed by atoms with E-state index in [0.29, 0.717) is 16.7 Å². The van der Waals surface area contributed by atoms with Gasteiger partial charge in [0.15, 0.2) is 5.11 Å². The lowest BCUT2D eigenvalue weighted by molar-refractivity contribution is 0.102. The van der Waals surface area contributed by atoms with E-state index in [0.717, 1.165) is 11.4 Å². The zero-order chi connectivity index (χ0) is 20.8. The molecule has 0 fully saturated rings. The van der Waals surface area contributed by atoms with Gasteiger partial charge in [0.25, 0.3) is 5.91 Å². The summed E-state index contributed by atoms with van der Waals surface area (Å²) in [6.45, 7) is 4.28. The van der Waals surface area contributed by atoms with E-state index in [4.69, 9.17) is 12.2 Å². The van der Waals surface area contributed by atoms with Gasteiger partial charge in [-0.3, -0.25) is 4.79 Å². The zero-order valence-corrected chi connectivity index (χ0v) is 17.0. The van der Waals surface area contributed by atoms with Crippen molar-refractivity contribution in [2.24, 2.45) is 0 Å². The highest BCUT2D eigenvalue weighted by atomic mass is 32.1. The number of halogens is 1. The number of amides is 1. The minimum atomic E-state index is -0.554. The number of anilines is 3. The minimum Gasteiger partial charge on any atom is -0.332 e. The summed E-state index contributed by atoms with van der Waals surface area (Å²) in [7, 11) is 0. The Kier molecular flexibility index (Phi) is 6.57. The maximum atomic E-state index is 13.7. The molecule has 0 aliphatic heterocycles. The van der Waals surface area contributed by atoms with Gasteiger partial charge in [0.1, 0.15) is 5.82 Å². The molecular formula is C23H22FN3OS. The van der Waals surface area contributed by atoms with E-state index in [1.165, 1.54) is 17.7 Å². The first-order chi connectivity index (χ1) is 13.9. The molecule has 0 bridgehead atoms. The van der Waals surface area contributed by atoms with Crippen LogP contribution in [0.25, 0.3) is 0 Å². The van der Waals surface area contributed by atoms with Crippen LogP contribution >= 0.6 is 12.2 Å². The number of thiocarbonyl (C=S) groups is 1. The minimum absolute atomic E-state index is 0.00343. The molecule has 0 aliphatic rings. The van der Waals surface area contributed by atoms with Crippen molar-refractivity contribution >= 4 is 40.3 Å².